The normalized spacial score (nSPS) is 17.1. The number of hydrogen-bond acceptors (Lipinski definition) is 3. The molecule has 0 unspecified atom stereocenters. The number of piperidine rings is 1. The molecule has 0 saturated carbocycles. The highest BCUT2D eigenvalue weighted by Crippen LogP contribution is 2.32. The number of nitriles is 1. The molecule has 0 bridgehead atoms. The van der Waals surface area contributed by atoms with Gasteiger partial charge in [0.2, 0.25) is 0 Å². The quantitative estimate of drug-likeness (QED) is 0.832. The molecule has 0 N–H and O–H groups in total. The van der Waals surface area contributed by atoms with Crippen molar-refractivity contribution in [3.63, 3.8) is 0 Å². The van der Waals surface area contributed by atoms with Crippen LogP contribution in [0.3, 0.4) is 0 Å². The van der Waals surface area contributed by atoms with Gasteiger partial charge in [0.25, 0.3) is 0 Å². The standard InChI is InChI=1S/C14H16F3N3/c1-2-10-5-7-20(8-6-10)13-11(9-18)3-4-12(19-13)14(15,16)17/h3-4,10H,2,5-8H2,1H3. The average Bonchev–Trinajstić information content (AvgIpc) is 2.45. The van der Waals surface area contributed by atoms with Crippen LogP contribution in [0.15, 0.2) is 12.1 Å². The second-order valence-electron chi connectivity index (χ2n) is 5.02. The van der Waals surface area contributed by atoms with E-state index in [2.05, 4.69) is 11.9 Å². The molecule has 1 saturated heterocycles. The third-order valence-electron chi connectivity index (χ3n) is 3.78. The lowest BCUT2D eigenvalue weighted by molar-refractivity contribution is -0.141. The Morgan fingerprint density at radius 2 is 2.00 bits per heavy atom. The zero-order chi connectivity index (χ0) is 14.8. The predicted octanol–water partition coefficient (Wildman–Crippen LogP) is 3.60. The number of hydrogen-bond donors (Lipinski definition) is 0. The molecular formula is C14H16F3N3. The molecule has 1 fully saturated rings. The third-order valence-corrected chi connectivity index (χ3v) is 3.78. The van der Waals surface area contributed by atoms with Gasteiger partial charge in [0.05, 0.1) is 5.56 Å². The summed E-state index contributed by atoms with van der Waals surface area (Å²) in [5.41, 5.74) is -0.739. The van der Waals surface area contributed by atoms with Gasteiger partial charge in [0.1, 0.15) is 17.6 Å². The van der Waals surface area contributed by atoms with Crippen LogP contribution in [0.4, 0.5) is 19.0 Å². The first-order valence-corrected chi connectivity index (χ1v) is 6.69. The van der Waals surface area contributed by atoms with E-state index in [0.717, 1.165) is 25.3 Å². The number of pyridine rings is 1. The summed E-state index contributed by atoms with van der Waals surface area (Å²) in [7, 11) is 0. The van der Waals surface area contributed by atoms with Gasteiger partial charge < -0.3 is 4.90 Å². The first-order chi connectivity index (χ1) is 9.45. The van der Waals surface area contributed by atoms with E-state index in [1.165, 1.54) is 6.07 Å². The van der Waals surface area contributed by atoms with Crippen molar-refractivity contribution in [2.45, 2.75) is 32.4 Å². The van der Waals surface area contributed by atoms with Crippen LogP contribution in [-0.2, 0) is 6.18 Å². The van der Waals surface area contributed by atoms with Crippen LogP contribution in [0.2, 0.25) is 0 Å². The van der Waals surface area contributed by atoms with Crippen molar-refractivity contribution in [1.82, 2.24) is 4.98 Å². The largest absolute Gasteiger partial charge is 0.433 e. The molecule has 1 aliphatic heterocycles. The van der Waals surface area contributed by atoms with Crippen LogP contribution >= 0.6 is 0 Å². The fourth-order valence-electron chi connectivity index (χ4n) is 2.49. The Hall–Kier alpha value is -1.77. The van der Waals surface area contributed by atoms with Gasteiger partial charge in [-0.15, -0.1) is 0 Å². The number of anilines is 1. The van der Waals surface area contributed by atoms with E-state index in [9.17, 15) is 13.2 Å². The molecule has 2 rings (SSSR count). The van der Waals surface area contributed by atoms with Gasteiger partial charge in [-0.3, -0.25) is 0 Å². The van der Waals surface area contributed by atoms with Crippen molar-refractivity contribution in [2.24, 2.45) is 5.92 Å². The van der Waals surface area contributed by atoms with Crippen molar-refractivity contribution < 1.29 is 13.2 Å². The molecule has 6 heteroatoms. The van der Waals surface area contributed by atoms with Gasteiger partial charge in [-0.05, 0) is 30.9 Å². The summed E-state index contributed by atoms with van der Waals surface area (Å²) in [4.78, 5) is 5.46. The first-order valence-electron chi connectivity index (χ1n) is 6.69. The molecule has 0 amide bonds. The molecule has 0 aromatic carbocycles. The molecular weight excluding hydrogens is 267 g/mol. The lowest BCUT2D eigenvalue weighted by Gasteiger charge is -2.33. The highest BCUT2D eigenvalue weighted by atomic mass is 19.4. The second-order valence-corrected chi connectivity index (χ2v) is 5.02. The van der Waals surface area contributed by atoms with Crippen molar-refractivity contribution in [3.05, 3.63) is 23.4 Å². The zero-order valence-electron chi connectivity index (χ0n) is 11.2. The van der Waals surface area contributed by atoms with Crippen LogP contribution in [0, 0.1) is 17.2 Å². The lowest BCUT2D eigenvalue weighted by atomic mass is 9.94. The summed E-state index contributed by atoms with van der Waals surface area (Å²) in [6.07, 6.45) is -1.54. The van der Waals surface area contributed by atoms with Crippen molar-refractivity contribution >= 4 is 5.82 Å². The minimum Gasteiger partial charge on any atom is -0.355 e. The summed E-state index contributed by atoms with van der Waals surface area (Å²) in [5, 5.41) is 9.04. The molecule has 0 spiro atoms. The molecule has 2 heterocycles. The first kappa shape index (κ1) is 14.6. The zero-order valence-corrected chi connectivity index (χ0v) is 11.2. The Bertz CT molecular complexity index is 511. The average molecular weight is 283 g/mol. The van der Waals surface area contributed by atoms with Gasteiger partial charge in [-0.1, -0.05) is 13.3 Å². The fourth-order valence-corrected chi connectivity index (χ4v) is 2.49. The Morgan fingerprint density at radius 1 is 1.35 bits per heavy atom. The van der Waals surface area contributed by atoms with E-state index in [4.69, 9.17) is 5.26 Å². The number of halogens is 3. The van der Waals surface area contributed by atoms with E-state index in [0.29, 0.717) is 19.0 Å². The lowest BCUT2D eigenvalue weighted by Crippen LogP contribution is -2.35. The van der Waals surface area contributed by atoms with Crippen LogP contribution in [0.5, 0.6) is 0 Å². The molecule has 1 aliphatic rings. The Labute approximate surface area is 116 Å². The summed E-state index contributed by atoms with van der Waals surface area (Å²) in [6.45, 7) is 3.42. The van der Waals surface area contributed by atoms with Crippen molar-refractivity contribution in [1.29, 1.82) is 5.26 Å². The third kappa shape index (κ3) is 3.03. The van der Waals surface area contributed by atoms with Crippen LogP contribution in [0.1, 0.15) is 37.4 Å². The van der Waals surface area contributed by atoms with E-state index in [-0.39, 0.29) is 11.4 Å². The van der Waals surface area contributed by atoms with Gasteiger partial charge >= 0.3 is 6.18 Å². The van der Waals surface area contributed by atoms with Gasteiger partial charge in [0.15, 0.2) is 0 Å². The van der Waals surface area contributed by atoms with Crippen LogP contribution in [-0.4, -0.2) is 18.1 Å². The highest BCUT2D eigenvalue weighted by Gasteiger charge is 2.34. The summed E-state index contributed by atoms with van der Waals surface area (Å²) >= 11 is 0. The molecule has 0 aliphatic carbocycles. The maximum atomic E-state index is 12.7. The van der Waals surface area contributed by atoms with E-state index in [1.54, 1.807) is 4.90 Å². The van der Waals surface area contributed by atoms with Gasteiger partial charge in [-0.2, -0.15) is 18.4 Å². The molecule has 0 atom stereocenters. The van der Waals surface area contributed by atoms with E-state index < -0.39 is 11.9 Å². The summed E-state index contributed by atoms with van der Waals surface area (Å²) in [6, 6.07) is 3.99. The molecule has 1 aromatic rings. The topological polar surface area (TPSA) is 39.9 Å². The molecule has 0 radical (unpaired) electrons. The van der Waals surface area contributed by atoms with Crippen LogP contribution < -0.4 is 4.90 Å². The SMILES string of the molecule is CCC1CCN(c2nc(C(F)(F)F)ccc2C#N)CC1. The second kappa shape index (κ2) is 5.70. The van der Waals surface area contributed by atoms with E-state index >= 15 is 0 Å². The minimum absolute atomic E-state index is 0.164. The Balaban J connectivity index is 2.28. The Kier molecular flexibility index (Phi) is 4.17. The van der Waals surface area contributed by atoms with E-state index in [1.807, 2.05) is 6.07 Å². The smallest absolute Gasteiger partial charge is 0.355 e. The number of aromatic nitrogens is 1. The predicted molar refractivity (Wildman–Crippen MR) is 69.2 cm³/mol. The summed E-state index contributed by atoms with van der Waals surface area (Å²) < 4.78 is 38.2. The van der Waals surface area contributed by atoms with Gasteiger partial charge in [-0.25, -0.2) is 4.98 Å². The molecule has 3 nitrogen and oxygen atoms in total. The molecule has 20 heavy (non-hydrogen) atoms. The monoisotopic (exact) mass is 283 g/mol. The number of rotatable bonds is 2. The van der Waals surface area contributed by atoms with Gasteiger partial charge in [0, 0.05) is 13.1 Å². The maximum Gasteiger partial charge on any atom is 0.433 e. The summed E-state index contributed by atoms with van der Waals surface area (Å²) in [5.74, 6) is 0.777. The minimum atomic E-state index is -4.48. The Morgan fingerprint density at radius 3 is 2.50 bits per heavy atom. The molecule has 108 valence electrons. The molecule has 1 aromatic heterocycles. The number of nitrogens with zero attached hydrogens (tertiary/aromatic N) is 3. The number of alkyl halides is 3. The van der Waals surface area contributed by atoms with Crippen LogP contribution in [0.25, 0.3) is 0 Å². The highest BCUT2D eigenvalue weighted by molar-refractivity contribution is 5.54. The maximum absolute atomic E-state index is 12.7. The van der Waals surface area contributed by atoms with Crippen molar-refractivity contribution in [3.8, 4) is 6.07 Å². The van der Waals surface area contributed by atoms with Crippen molar-refractivity contribution in [2.75, 3.05) is 18.0 Å². The fraction of sp³-hybridized carbons (Fsp3) is 0.571.